The predicted molar refractivity (Wildman–Crippen MR) is 102 cm³/mol. The molecule has 0 saturated carbocycles. The number of carboxylic acids is 1. The summed E-state index contributed by atoms with van der Waals surface area (Å²) in [4.78, 5) is 22.7. The van der Waals surface area contributed by atoms with Gasteiger partial charge in [-0.05, 0) is 50.2 Å². The predicted octanol–water partition coefficient (Wildman–Crippen LogP) is 2.92. The monoisotopic (exact) mass is 372 g/mol. The van der Waals surface area contributed by atoms with E-state index in [4.69, 9.17) is 9.84 Å². The molecule has 0 spiro atoms. The van der Waals surface area contributed by atoms with Crippen LogP contribution in [0.5, 0.6) is 0 Å². The van der Waals surface area contributed by atoms with E-state index in [1.54, 1.807) is 12.1 Å². The van der Waals surface area contributed by atoms with Crippen molar-refractivity contribution in [3.63, 3.8) is 0 Å². The van der Waals surface area contributed by atoms with Crippen molar-refractivity contribution in [3.05, 3.63) is 48.0 Å². The molecule has 4 atom stereocenters. The number of carboxylic acid groups (broad SMARTS) is 1. The molecule has 2 saturated heterocycles. The van der Waals surface area contributed by atoms with Crippen molar-refractivity contribution in [1.29, 1.82) is 0 Å². The molecule has 3 rings (SSSR count). The molecule has 2 aliphatic heterocycles. The van der Waals surface area contributed by atoms with Crippen LogP contribution in [0.3, 0.4) is 0 Å². The summed E-state index contributed by atoms with van der Waals surface area (Å²) in [5.74, 6) is -0.0489. The van der Waals surface area contributed by atoms with Gasteiger partial charge in [0.1, 0.15) is 0 Å². The molecule has 1 aromatic rings. The number of amides is 1. The Morgan fingerprint density at radius 2 is 1.85 bits per heavy atom. The van der Waals surface area contributed by atoms with Crippen molar-refractivity contribution >= 4 is 11.9 Å². The van der Waals surface area contributed by atoms with Gasteiger partial charge in [0.2, 0.25) is 0 Å². The third-order valence-electron chi connectivity index (χ3n) is 5.50. The van der Waals surface area contributed by atoms with Crippen LogP contribution in [-0.4, -0.2) is 35.7 Å². The van der Waals surface area contributed by atoms with Crippen molar-refractivity contribution in [1.82, 2.24) is 10.9 Å². The minimum atomic E-state index is -0.742. The Morgan fingerprint density at radius 3 is 2.59 bits per heavy atom. The lowest BCUT2D eigenvalue weighted by Gasteiger charge is -2.27. The molecule has 27 heavy (non-hydrogen) atoms. The highest BCUT2D eigenvalue weighted by Gasteiger charge is 2.47. The quantitative estimate of drug-likeness (QED) is 0.334. The van der Waals surface area contributed by atoms with Gasteiger partial charge in [0.05, 0.1) is 12.2 Å². The number of hydrogen-bond acceptors (Lipinski definition) is 4. The van der Waals surface area contributed by atoms with Crippen LogP contribution < -0.4 is 10.9 Å². The van der Waals surface area contributed by atoms with E-state index in [1.165, 1.54) is 0 Å². The summed E-state index contributed by atoms with van der Waals surface area (Å²) < 4.78 is 6.09. The number of hydrogen-bond donors (Lipinski definition) is 3. The van der Waals surface area contributed by atoms with E-state index in [-0.39, 0.29) is 18.4 Å². The van der Waals surface area contributed by atoms with Crippen LogP contribution in [0.15, 0.2) is 42.5 Å². The summed E-state index contributed by atoms with van der Waals surface area (Å²) in [6.45, 7) is 0.692. The standard InChI is InChI=1S/C21H28N2O4/c24-20(25)11-7-2-1-6-10-16-17(19-13-12-18(16)27-19)14-22-23-21(26)15-8-4-3-5-9-15/h1,3-6,8-9,16-19,22H,2,7,10-14H2,(H,23,26)(H,24,25)/b6-1-/t16-,17-,18-,19+/m1/s1. The number of fused-ring (bicyclic) bond motifs is 2. The average molecular weight is 372 g/mol. The van der Waals surface area contributed by atoms with Crippen LogP contribution in [0, 0.1) is 11.8 Å². The molecule has 0 aliphatic carbocycles. The zero-order valence-corrected chi connectivity index (χ0v) is 15.5. The van der Waals surface area contributed by atoms with Gasteiger partial charge in [0.15, 0.2) is 0 Å². The molecule has 0 radical (unpaired) electrons. The fraction of sp³-hybridized carbons (Fsp3) is 0.524. The molecule has 0 unspecified atom stereocenters. The van der Waals surface area contributed by atoms with Crippen LogP contribution in [0.4, 0.5) is 0 Å². The lowest BCUT2D eigenvalue weighted by molar-refractivity contribution is -0.137. The average Bonchev–Trinajstić information content (AvgIpc) is 3.27. The Labute approximate surface area is 160 Å². The third kappa shape index (κ3) is 5.40. The van der Waals surface area contributed by atoms with E-state index < -0.39 is 5.97 Å². The van der Waals surface area contributed by atoms with E-state index in [1.807, 2.05) is 18.2 Å². The molecule has 1 amide bonds. The largest absolute Gasteiger partial charge is 0.481 e. The van der Waals surface area contributed by atoms with Crippen molar-refractivity contribution in [2.24, 2.45) is 11.8 Å². The van der Waals surface area contributed by atoms with Crippen molar-refractivity contribution in [2.45, 2.75) is 50.7 Å². The Hall–Kier alpha value is -2.18. The molecule has 3 N–H and O–H groups in total. The third-order valence-corrected chi connectivity index (χ3v) is 5.50. The number of carbonyl (C=O) groups is 2. The van der Waals surface area contributed by atoms with Crippen LogP contribution in [-0.2, 0) is 9.53 Å². The lowest BCUT2D eigenvalue weighted by Crippen LogP contribution is -2.44. The van der Waals surface area contributed by atoms with Gasteiger partial charge < -0.3 is 9.84 Å². The molecule has 146 valence electrons. The van der Waals surface area contributed by atoms with Crippen molar-refractivity contribution < 1.29 is 19.4 Å². The van der Waals surface area contributed by atoms with Gasteiger partial charge in [-0.15, -0.1) is 0 Å². The number of rotatable bonds is 10. The Bertz CT molecular complexity index is 661. The van der Waals surface area contributed by atoms with Crippen molar-refractivity contribution in [3.8, 4) is 0 Å². The fourth-order valence-corrected chi connectivity index (χ4v) is 4.13. The first-order valence-electron chi connectivity index (χ1n) is 9.75. The first-order chi connectivity index (χ1) is 13.1. The summed E-state index contributed by atoms with van der Waals surface area (Å²) in [5.41, 5.74) is 6.51. The number of benzene rings is 1. The highest BCUT2D eigenvalue weighted by Crippen LogP contribution is 2.44. The zero-order valence-electron chi connectivity index (χ0n) is 15.5. The number of hydrazine groups is 1. The lowest BCUT2D eigenvalue weighted by atomic mass is 9.77. The minimum absolute atomic E-state index is 0.130. The molecular weight excluding hydrogens is 344 g/mol. The van der Waals surface area contributed by atoms with E-state index in [2.05, 4.69) is 23.0 Å². The van der Waals surface area contributed by atoms with Gasteiger partial charge in [0, 0.05) is 24.4 Å². The summed E-state index contributed by atoms with van der Waals surface area (Å²) in [7, 11) is 0. The van der Waals surface area contributed by atoms with E-state index in [9.17, 15) is 9.59 Å². The van der Waals surface area contributed by atoms with Crippen LogP contribution >= 0.6 is 0 Å². The Kier molecular flexibility index (Phi) is 7.01. The van der Waals surface area contributed by atoms with Crippen molar-refractivity contribution in [2.75, 3.05) is 6.54 Å². The molecule has 2 aliphatic rings. The highest BCUT2D eigenvalue weighted by atomic mass is 16.5. The van der Waals surface area contributed by atoms with Gasteiger partial charge >= 0.3 is 5.97 Å². The number of allylic oxidation sites excluding steroid dienone is 2. The van der Waals surface area contributed by atoms with Gasteiger partial charge in [-0.1, -0.05) is 30.4 Å². The molecule has 0 aromatic heterocycles. The summed E-state index contributed by atoms with van der Waals surface area (Å²) >= 11 is 0. The van der Waals surface area contributed by atoms with Gasteiger partial charge in [0.25, 0.3) is 5.91 Å². The van der Waals surface area contributed by atoms with Gasteiger partial charge in [-0.25, -0.2) is 5.43 Å². The van der Waals surface area contributed by atoms with Crippen LogP contribution in [0.25, 0.3) is 0 Å². The number of unbranched alkanes of at least 4 members (excludes halogenated alkanes) is 1. The summed E-state index contributed by atoms with van der Waals surface area (Å²) in [5, 5.41) is 8.67. The van der Waals surface area contributed by atoms with E-state index in [0.717, 1.165) is 25.7 Å². The first kappa shape index (κ1) is 19.6. The molecule has 6 heteroatoms. The molecule has 2 fully saturated rings. The Balaban J connectivity index is 1.43. The molecule has 2 heterocycles. The second-order valence-corrected chi connectivity index (χ2v) is 7.31. The summed E-state index contributed by atoms with van der Waals surface area (Å²) in [6, 6.07) is 9.15. The van der Waals surface area contributed by atoms with E-state index >= 15 is 0 Å². The van der Waals surface area contributed by atoms with Crippen LogP contribution in [0.1, 0.15) is 48.9 Å². The van der Waals surface area contributed by atoms with Crippen LogP contribution in [0.2, 0.25) is 0 Å². The molecule has 6 nitrogen and oxygen atoms in total. The van der Waals surface area contributed by atoms with Gasteiger partial charge in [-0.3, -0.25) is 15.0 Å². The molecule has 1 aromatic carbocycles. The maximum atomic E-state index is 12.1. The maximum Gasteiger partial charge on any atom is 0.303 e. The SMILES string of the molecule is O=C(O)CCC/C=C\C[C@@H]1[C@@H](CNNC(=O)c2ccccc2)[C@@H]2CC[C@H]1O2. The molecule has 2 bridgehead atoms. The molecular formula is C21H28N2O4. The minimum Gasteiger partial charge on any atom is -0.481 e. The number of ether oxygens (including phenoxy) is 1. The smallest absolute Gasteiger partial charge is 0.303 e. The van der Waals surface area contributed by atoms with E-state index in [0.29, 0.717) is 36.5 Å². The van der Waals surface area contributed by atoms with Gasteiger partial charge in [-0.2, -0.15) is 0 Å². The second kappa shape index (κ2) is 9.67. The normalized spacial score (nSPS) is 26.5. The summed E-state index contributed by atoms with van der Waals surface area (Å²) in [6.07, 6.45) is 9.62. The fourth-order valence-electron chi connectivity index (χ4n) is 4.13. The highest BCUT2D eigenvalue weighted by molar-refractivity contribution is 5.93. The maximum absolute atomic E-state index is 12.1. The topological polar surface area (TPSA) is 87.7 Å². The number of carbonyl (C=O) groups excluding carboxylic acids is 1. The second-order valence-electron chi connectivity index (χ2n) is 7.31. The number of nitrogens with one attached hydrogen (secondary N) is 2. The zero-order chi connectivity index (χ0) is 19.1. The first-order valence-corrected chi connectivity index (χ1v) is 9.75. The number of aliphatic carboxylic acids is 1. The Morgan fingerprint density at radius 1 is 1.11 bits per heavy atom.